The van der Waals surface area contributed by atoms with Gasteiger partial charge in [-0.25, -0.2) is 9.78 Å². The molecule has 1 aliphatic heterocycles. The zero-order valence-corrected chi connectivity index (χ0v) is 11.6. The molecule has 8 heteroatoms. The Bertz CT molecular complexity index is 706. The summed E-state index contributed by atoms with van der Waals surface area (Å²) in [5.74, 6) is -0.272. The SMILES string of the molecule is O=C(C[C@H]1NC(=O)NC1=O)NCCc1nc2ccccc2o1. The van der Waals surface area contributed by atoms with Crippen LogP contribution in [-0.2, 0) is 16.0 Å². The Morgan fingerprint density at radius 2 is 2.14 bits per heavy atom. The van der Waals surface area contributed by atoms with Crippen LogP contribution in [0.1, 0.15) is 12.3 Å². The van der Waals surface area contributed by atoms with Gasteiger partial charge in [-0.1, -0.05) is 12.1 Å². The van der Waals surface area contributed by atoms with Crippen molar-refractivity contribution in [3.05, 3.63) is 30.2 Å². The topological polar surface area (TPSA) is 113 Å². The molecular formula is C14H14N4O4. The molecule has 22 heavy (non-hydrogen) atoms. The Labute approximate surface area is 125 Å². The molecule has 0 bridgehead atoms. The van der Waals surface area contributed by atoms with Crippen molar-refractivity contribution >= 4 is 28.9 Å². The molecule has 2 aromatic rings. The van der Waals surface area contributed by atoms with E-state index in [1.807, 2.05) is 24.3 Å². The third kappa shape index (κ3) is 3.05. The van der Waals surface area contributed by atoms with E-state index in [-0.39, 0.29) is 12.3 Å². The lowest BCUT2D eigenvalue weighted by Crippen LogP contribution is -2.36. The maximum absolute atomic E-state index is 11.7. The van der Waals surface area contributed by atoms with Gasteiger partial charge in [-0.15, -0.1) is 0 Å². The largest absolute Gasteiger partial charge is 0.441 e. The fourth-order valence-corrected chi connectivity index (χ4v) is 2.20. The minimum Gasteiger partial charge on any atom is -0.441 e. The van der Waals surface area contributed by atoms with Gasteiger partial charge >= 0.3 is 6.03 Å². The first-order valence-electron chi connectivity index (χ1n) is 6.84. The normalized spacial score (nSPS) is 17.4. The number of urea groups is 1. The lowest BCUT2D eigenvalue weighted by Gasteiger charge is -2.07. The summed E-state index contributed by atoms with van der Waals surface area (Å²) in [6.07, 6.45) is 0.356. The molecule has 1 saturated heterocycles. The molecule has 3 N–H and O–H groups in total. The van der Waals surface area contributed by atoms with Crippen molar-refractivity contribution in [3.63, 3.8) is 0 Å². The first kappa shape index (κ1) is 14.1. The second-order valence-electron chi connectivity index (χ2n) is 4.89. The quantitative estimate of drug-likeness (QED) is 0.677. The Morgan fingerprint density at radius 3 is 2.86 bits per heavy atom. The summed E-state index contributed by atoms with van der Waals surface area (Å²) >= 11 is 0. The van der Waals surface area contributed by atoms with E-state index in [0.717, 1.165) is 5.52 Å². The van der Waals surface area contributed by atoms with E-state index < -0.39 is 18.0 Å². The van der Waals surface area contributed by atoms with E-state index in [9.17, 15) is 14.4 Å². The van der Waals surface area contributed by atoms with Crippen LogP contribution in [0.25, 0.3) is 11.1 Å². The van der Waals surface area contributed by atoms with Gasteiger partial charge in [0.2, 0.25) is 5.91 Å². The fourth-order valence-electron chi connectivity index (χ4n) is 2.20. The van der Waals surface area contributed by atoms with Gasteiger partial charge in [0.05, 0.1) is 6.42 Å². The van der Waals surface area contributed by atoms with Crippen molar-refractivity contribution in [2.75, 3.05) is 6.54 Å². The highest BCUT2D eigenvalue weighted by molar-refractivity contribution is 6.05. The zero-order valence-electron chi connectivity index (χ0n) is 11.6. The average Bonchev–Trinajstić information content (AvgIpc) is 3.01. The van der Waals surface area contributed by atoms with Crippen LogP contribution in [0.4, 0.5) is 4.79 Å². The molecule has 4 amide bonds. The van der Waals surface area contributed by atoms with Crippen LogP contribution in [0, 0.1) is 0 Å². The van der Waals surface area contributed by atoms with Gasteiger partial charge in [-0.05, 0) is 12.1 Å². The average molecular weight is 302 g/mol. The molecule has 1 aliphatic rings. The fraction of sp³-hybridized carbons (Fsp3) is 0.286. The monoisotopic (exact) mass is 302 g/mol. The summed E-state index contributed by atoms with van der Waals surface area (Å²) in [6, 6.07) is 6.02. The van der Waals surface area contributed by atoms with E-state index in [4.69, 9.17) is 4.42 Å². The number of nitrogens with zero attached hydrogens (tertiary/aromatic N) is 1. The van der Waals surface area contributed by atoms with E-state index in [0.29, 0.717) is 24.4 Å². The van der Waals surface area contributed by atoms with E-state index in [1.165, 1.54) is 0 Å². The standard InChI is InChI=1S/C14H14N4O4/c19-11(7-9-13(20)18-14(21)17-9)15-6-5-12-16-8-3-1-2-4-10(8)22-12/h1-4,9H,5-7H2,(H,15,19)(H2,17,18,20,21)/t9-/m1/s1. The molecular weight excluding hydrogens is 288 g/mol. The second kappa shape index (κ2) is 5.84. The minimum absolute atomic E-state index is 0.0921. The minimum atomic E-state index is -0.808. The van der Waals surface area contributed by atoms with Gasteiger partial charge in [0.15, 0.2) is 11.5 Å². The number of fused-ring (bicyclic) bond motifs is 1. The van der Waals surface area contributed by atoms with Crippen LogP contribution < -0.4 is 16.0 Å². The highest BCUT2D eigenvalue weighted by atomic mass is 16.3. The van der Waals surface area contributed by atoms with Gasteiger partial charge < -0.3 is 15.1 Å². The number of para-hydroxylation sites is 2. The van der Waals surface area contributed by atoms with Crippen molar-refractivity contribution in [2.24, 2.45) is 0 Å². The van der Waals surface area contributed by atoms with Crippen molar-refractivity contribution in [1.29, 1.82) is 0 Å². The van der Waals surface area contributed by atoms with E-state index >= 15 is 0 Å². The van der Waals surface area contributed by atoms with E-state index in [1.54, 1.807) is 0 Å². The zero-order chi connectivity index (χ0) is 15.5. The predicted octanol–water partition coefficient (Wildman–Crippen LogP) is 0.0846. The molecule has 2 heterocycles. The number of hydrogen-bond donors (Lipinski definition) is 3. The van der Waals surface area contributed by atoms with Crippen LogP contribution in [0.15, 0.2) is 28.7 Å². The van der Waals surface area contributed by atoms with Crippen LogP contribution in [0.2, 0.25) is 0 Å². The van der Waals surface area contributed by atoms with Gasteiger partial charge in [0.1, 0.15) is 11.6 Å². The van der Waals surface area contributed by atoms with Gasteiger partial charge in [-0.2, -0.15) is 0 Å². The second-order valence-corrected chi connectivity index (χ2v) is 4.89. The molecule has 1 atom stereocenters. The summed E-state index contributed by atoms with van der Waals surface area (Å²) < 4.78 is 5.53. The first-order chi connectivity index (χ1) is 10.6. The van der Waals surface area contributed by atoms with Crippen LogP contribution >= 0.6 is 0 Å². The van der Waals surface area contributed by atoms with Crippen LogP contribution in [-0.4, -0.2) is 35.4 Å². The Kier molecular flexibility index (Phi) is 3.73. The molecule has 0 aliphatic carbocycles. The van der Waals surface area contributed by atoms with Crippen LogP contribution in [0.5, 0.6) is 0 Å². The third-order valence-corrected chi connectivity index (χ3v) is 3.25. The number of rotatable bonds is 5. The van der Waals surface area contributed by atoms with E-state index in [2.05, 4.69) is 20.9 Å². The Morgan fingerprint density at radius 1 is 1.32 bits per heavy atom. The summed E-state index contributed by atoms with van der Waals surface area (Å²) in [5.41, 5.74) is 1.48. The molecule has 8 nitrogen and oxygen atoms in total. The number of imide groups is 1. The number of nitrogens with one attached hydrogen (secondary N) is 3. The van der Waals surface area contributed by atoms with Crippen molar-refractivity contribution in [1.82, 2.24) is 20.9 Å². The van der Waals surface area contributed by atoms with Crippen LogP contribution in [0.3, 0.4) is 0 Å². The highest BCUT2D eigenvalue weighted by Gasteiger charge is 2.31. The Hall–Kier alpha value is -2.90. The Balaban J connectivity index is 1.47. The summed E-state index contributed by atoms with van der Waals surface area (Å²) in [6.45, 7) is 0.341. The maximum Gasteiger partial charge on any atom is 0.322 e. The summed E-state index contributed by atoms with van der Waals surface area (Å²) in [4.78, 5) is 38.3. The smallest absolute Gasteiger partial charge is 0.322 e. The number of aromatic nitrogens is 1. The van der Waals surface area contributed by atoms with Crippen molar-refractivity contribution < 1.29 is 18.8 Å². The van der Waals surface area contributed by atoms with Gasteiger partial charge in [0, 0.05) is 13.0 Å². The molecule has 0 radical (unpaired) electrons. The number of benzene rings is 1. The molecule has 0 spiro atoms. The number of carbonyl (C=O) groups excluding carboxylic acids is 3. The molecule has 1 fully saturated rings. The molecule has 1 aromatic heterocycles. The first-order valence-corrected chi connectivity index (χ1v) is 6.84. The molecule has 0 unspecified atom stereocenters. The lowest BCUT2D eigenvalue weighted by molar-refractivity contribution is -0.126. The summed E-state index contributed by atoms with van der Waals surface area (Å²) in [7, 11) is 0. The van der Waals surface area contributed by atoms with Crippen molar-refractivity contribution in [2.45, 2.75) is 18.9 Å². The number of carbonyl (C=O) groups is 3. The van der Waals surface area contributed by atoms with Crippen molar-refractivity contribution in [3.8, 4) is 0 Å². The highest BCUT2D eigenvalue weighted by Crippen LogP contribution is 2.14. The number of oxazole rings is 1. The lowest BCUT2D eigenvalue weighted by atomic mass is 10.2. The molecule has 1 aromatic carbocycles. The third-order valence-electron chi connectivity index (χ3n) is 3.25. The molecule has 0 saturated carbocycles. The molecule has 3 rings (SSSR count). The van der Waals surface area contributed by atoms with Gasteiger partial charge in [-0.3, -0.25) is 14.9 Å². The summed E-state index contributed by atoms with van der Waals surface area (Å²) in [5, 5.41) is 7.11. The molecule has 114 valence electrons. The van der Waals surface area contributed by atoms with Gasteiger partial charge in [0.25, 0.3) is 5.91 Å². The number of amides is 4. The maximum atomic E-state index is 11.7. The predicted molar refractivity (Wildman–Crippen MR) is 75.8 cm³/mol. The number of hydrogen-bond acceptors (Lipinski definition) is 5.